The molecule has 1 heterocycles. The lowest BCUT2D eigenvalue weighted by atomic mass is 10.2. The van der Waals surface area contributed by atoms with Crippen molar-refractivity contribution < 1.29 is 18.4 Å². The summed E-state index contributed by atoms with van der Waals surface area (Å²) >= 11 is 0. The Morgan fingerprint density at radius 3 is 2.63 bits per heavy atom. The predicted molar refractivity (Wildman–Crippen MR) is 60.6 cm³/mol. The third-order valence-electron chi connectivity index (χ3n) is 2.74. The largest absolute Gasteiger partial charge is 0.361 e. The number of morpholine rings is 1. The first kappa shape index (κ1) is 13.2. The zero-order valence-electron chi connectivity index (χ0n) is 9.68. The number of nitro benzene ring substituents is 1. The van der Waals surface area contributed by atoms with E-state index in [4.69, 9.17) is 10.00 Å². The van der Waals surface area contributed by atoms with Gasteiger partial charge in [0.1, 0.15) is 5.69 Å². The Kier molecular flexibility index (Phi) is 3.57. The zero-order valence-corrected chi connectivity index (χ0v) is 9.68. The Morgan fingerprint density at radius 1 is 1.47 bits per heavy atom. The molecule has 1 atom stereocenters. The van der Waals surface area contributed by atoms with Crippen molar-refractivity contribution in [1.82, 2.24) is 0 Å². The first-order valence-corrected chi connectivity index (χ1v) is 5.42. The monoisotopic (exact) mass is 269 g/mol. The Labute approximate surface area is 107 Å². The highest BCUT2D eigenvalue weighted by Gasteiger charge is 2.26. The van der Waals surface area contributed by atoms with Gasteiger partial charge in [0.2, 0.25) is 0 Å². The van der Waals surface area contributed by atoms with Gasteiger partial charge in [-0.05, 0) is 0 Å². The van der Waals surface area contributed by atoms with E-state index in [1.165, 1.54) is 4.90 Å². The highest BCUT2D eigenvalue weighted by molar-refractivity contribution is 5.54. The minimum absolute atomic E-state index is 0.0160. The maximum Gasteiger partial charge on any atom is 0.275 e. The Balaban J connectivity index is 2.35. The predicted octanol–water partition coefficient (Wildman–Crippen LogP) is 1.60. The second kappa shape index (κ2) is 5.16. The average molecular weight is 269 g/mol. The molecule has 1 fully saturated rings. The minimum atomic E-state index is -1.02. The molecule has 1 saturated heterocycles. The molecule has 0 N–H and O–H groups in total. The SMILES string of the molecule is N#CC1CN(c2c(F)cc([N+](=O)[O-])cc2F)CCO1. The van der Waals surface area contributed by atoms with Crippen LogP contribution in [0.25, 0.3) is 0 Å². The number of rotatable bonds is 2. The second-order valence-corrected chi connectivity index (χ2v) is 3.95. The van der Waals surface area contributed by atoms with E-state index in [9.17, 15) is 18.9 Å². The maximum absolute atomic E-state index is 13.8. The van der Waals surface area contributed by atoms with Crippen LogP contribution in [-0.2, 0) is 4.74 Å². The number of nitriles is 1. The molecular weight excluding hydrogens is 260 g/mol. The van der Waals surface area contributed by atoms with Gasteiger partial charge in [-0.1, -0.05) is 0 Å². The van der Waals surface area contributed by atoms with Crippen LogP contribution in [-0.4, -0.2) is 30.7 Å². The Bertz CT molecular complexity index is 536. The number of non-ortho nitro benzene ring substituents is 1. The highest BCUT2D eigenvalue weighted by atomic mass is 19.1. The number of nitrogens with zero attached hydrogens (tertiary/aromatic N) is 3. The number of hydrogen-bond donors (Lipinski definition) is 0. The summed E-state index contributed by atoms with van der Waals surface area (Å²) in [6.07, 6.45) is -0.775. The van der Waals surface area contributed by atoms with E-state index in [-0.39, 0.29) is 25.4 Å². The summed E-state index contributed by atoms with van der Waals surface area (Å²) in [5, 5.41) is 19.2. The van der Waals surface area contributed by atoms with Gasteiger partial charge in [0.05, 0.1) is 36.3 Å². The quantitative estimate of drug-likeness (QED) is 0.601. The van der Waals surface area contributed by atoms with Gasteiger partial charge in [0.15, 0.2) is 17.7 Å². The van der Waals surface area contributed by atoms with Gasteiger partial charge in [0.25, 0.3) is 5.69 Å². The molecule has 0 aliphatic carbocycles. The molecule has 1 aliphatic rings. The van der Waals surface area contributed by atoms with E-state index in [0.29, 0.717) is 12.1 Å². The van der Waals surface area contributed by atoms with Crippen LogP contribution in [0.3, 0.4) is 0 Å². The summed E-state index contributed by atoms with van der Waals surface area (Å²) in [6, 6.07) is 3.18. The lowest BCUT2D eigenvalue weighted by Gasteiger charge is -2.31. The lowest BCUT2D eigenvalue weighted by Crippen LogP contribution is -2.42. The Hall–Kier alpha value is -2.27. The van der Waals surface area contributed by atoms with Crippen molar-refractivity contribution in [3.63, 3.8) is 0 Å². The zero-order chi connectivity index (χ0) is 14.0. The van der Waals surface area contributed by atoms with Crippen LogP contribution in [0.15, 0.2) is 12.1 Å². The maximum atomic E-state index is 13.8. The van der Waals surface area contributed by atoms with Crippen LogP contribution in [0.2, 0.25) is 0 Å². The van der Waals surface area contributed by atoms with Gasteiger partial charge < -0.3 is 9.64 Å². The van der Waals surface area contributed by atoms with Crippen molar-refractivity contribution in [2.75, 3.05) is 24.6 Å². The summed E-state index contributed by atoms with van der Waals surface area (Å²) in [7, 11) is 0. The van der Waals surface area contributed by atoms with Crippen LogP contribution in [0.1, 0.15) is 0 Å². The molecule has 1 aliphatic heterocycles. The molecule has 1 aromatic rings. The first-order chi connectivity index (χ1) is 9.02. The number of halogens is 2. The lowest BCUT2D eigenvalue weighted by molar-refractivity contribution is -0.385. The fourth-order valence-electron chi connectivity index (χ4n) is 1.89. The summed E-state index contributed by atoms with van der Waals surface area (Å²) in [5.41, 5.74) is -1.02. The van der Waals surface area contributed by atoms with Crippen LogP contribution in [0.4, 0.5) is 20.2 Å². The van der Waals surface area contributed by atoms with Crippen molar-refractivity contribution in [2.45, 2.75) is 6.10 Å². The van der Waals surface area contributed by atoms with Crippen molar-refractivity contribution in [1.29, 1.82) is 5.26 Å². The fraction of sp³-hybridized carbons (Fsp3) is 0.364. The molecule has 6 nitrogen and oxygen atoms in total. The van der Waals surface area contributed by atoms with E-state index in [2.05, 4.69) is 0 Å². The minimum Gasteiger partial charge on any atom is -0.361 e. The van der Waals surface area contributed by atoms with E-state index in [1.807, 2.05) is 6.07 Å². The number of hydrogen-bond acceptors (Lipinski definition) is 5. The van der Waals surface area contributed by atoms with Crippen LogP contribution < -0.4 is 4.90 Å². The van der Waals surface area contributed by atoms with Crippen molar-refractivity contribution in [3.05, 3.63) is 33.9 Å². The van der Waals surface area contributed by atoms with E-state index in [1.54, 1.807) is 0 Å². The van der Waals surface area contributed by atoms with Gasteiger partial charge in [-0.3, -0.25) is 10.1 Å². The van der Waals surface area contributed by atoms with Crippen molar-refractivity contribution in [3.8, 4) is 6.07 Å². The molecule has 2 rings (SSSR count). The highest BCUT2D eigenvalue weighted by Crippen LogP contribution is 2.29. The number of anilines is 1. The Morgan fingerprint density at radius 2 is 2.11 bits per heavy atom. The standard InChI is InChI=1S/C11H9F2N3O3/c12-9-3-7(16(17)18)4-10(13)11(9)15-1-2-19-8(5-14)6-15/h3-4,8H,1-2,6H2. The van der Waals surface area contributed by atoms with Crippen LogP contribution in [0.5, 0.6) is 0 Å². The molecular formula is C11H9F2N3O3. The number of ether oxygens (including phenoxy) is 1. The first-order valence-electron chi connectivity index (χ1n) is 5.42. The molecule has 1 aromatic carbocycles. The van der Waals surface area contributed by atoms with Crippen LogP contribution >= 0.6 is 0 Å². The van der Waals surface area contributed by atoms with Gasteiger partial charge >= 0.3 is 0 Å². The van der Waals surface area contributed by atoms with E-state index < -0.39 is 28.3 Å². The molecule has 8 heteroatoms. The van der Waals surface area contributed by atoms with Gasteiger partial charge in [-0.25, -0.2) is 8.78 Å². The molecule has 0 spiro atoms. The smallest absolute Gasteiger partial charge is 0.275 e. The van der Waals surface area contributed by atoms with E-state index >= 15 is 0 Å². The molecule has 1 unspecified atom stereocenters. The summed E-state index contributed by atoms with van der Waals surface area (Å²) in [4.78, 5) is 10.9. The van der Waals surface area contributed by atoms with Crippen molar-refractivity contribution >= 4 is 11.4 Å². The second-order valence-electron chi connectivity index (χ2n) is 3.95. The van der Waals surface area contributed by atoms with Gasteiger partial charge in [0, 0.05) is 6.54 Å². The average Bonchev–Trinajstić information content (AvgIpc) is 2.38. The normalized spacial score (nSPS) is 19.0. The summed E-state index contributed by atoms with van der Waals surface area (Å²) in [5.74, 6) is -2.05. The topological polar surface area (TPSA) is 79.4 Å². The summed E-state index contributed by atoms with van der Waals surface area (Å²) in [6.45, 7) is 0.389. The molecule has 100 valence electrons. The molecule has 0 aromatic heterocycles. The number of nitro groups is 1. The molecule has 0 radical (unpaired) electrons. The van der Waals surface area contributed by atoms with E-state index in [0.717, 1.165) is 0 Å². The third-order valence-corrected chi connectivity index (χ3v) is 2.74. The fourth-order valence-corrected chi connectivity index (χ4v) is 1.89. The molecule has 0 amide bonds. The molecule has 0 saturated carbocycles. The molecule has 19 heavy (non-hydrogen) atoms. The van der Waals surface area contributed by atoms with Gasteiger partial charge in [-0.15, -0.1) is 0 Å². The number of benzene rings is 1. The third kappa shape index (κ3) is 2.61. The molecule has 0 bridgehead atoms. The summed E-state index contributed by atoms with van der Waals surface area (Å²) < 4.78 is 32.6. The van der Waals surface area contributed by atoms with Crippen LogP contribution in [0, 0.1) is 33.1 Å². The van der Waals surface area contributed by atoms with Gasteiger partial charge in [-0.2, -0.15) is 5.26 Å². The van der Waals surface area contributed by atoms with Crippen molar-refractivity contribution in [2.24, 2.45) is 0 Å².